The second-order valence-corrected chi connectivity index (χ2v) is 10.2. The van der Waals surface area contributed by atoms with Crippen molar-refractivity contribution in [3.63, 3.8) is 0 Å². The first kappa shape index (κ1) is 26.5. The summed E-state index contributed by atoms with van der Waals surface area (Å²) in [6.07, 6.45) is 5.86. The minimum absolute atomic E-state index is 0.0126. The number of nitrogens with zero attached hydrogens (tertiary/aromatic N) is 2. The van der Waals surface area contributed by atoms with Crippen molar-refractivity contribution in [1.82, 2.24) is 9.88 Å². The lowest BCUT2D eigenvalue weighted by Crippen LogP contribution is -2.30. The Bertz CT molecular complexity index is 1290. The van der Waals surface area contributed by atoms with Crippen molar-refractivity contribution in [2.45, 2.75) is 59.0 Å². The molecule has 0 saturated carbocycles. The Kier molecular flexibility index (Phi) is 8.33. The van der Waals surface area contributed by atoms with Gasteiger partial charge in [-0.1, -0.05) is 32.3 Å². The van der Waals surface area contributed by atoms with Crippen molar-refractivity contribution in [3.05, 3.63) is 74.8 Å². The number of aromatic nitrogens is 1. The SMILES string of the molecule is CCCCCCOc1ccc(C2C(C(=O)c3sc(C)nc3C)=C(O)C(=O)N2Cc2ccco2)cc1OC. The van der Waals surface area contributed by atoms with E-state index in [0.29, 0.717) is 40.0 Å². The van der Waals surface area contributed by atoms with Crippen molar-refractivity contribution in [2.24, 2.45) is 0 Å². The Hall–Kier alpha value is -3.59. The third-order valence-corrected chi connectivity index (χ3v) is 7.39. The molecule has 1 aliphatic rings. The van der Waals surface area contributed by atoms with Gasteiger partial charge >= 0.3 is 0 Å². The van der Waals surface area contributed by atoms with Gasteiger partial charge < -0.3 is 23.9 Å². The lowest BCUT2D eigenvalue weighted by molar-refractivity contribution is -0.130. The largest absolute Gasteiger partial charge is 0.503 e. The molecule has 1 atom stereocenters. The average Bonchev–Trinajstić information content (AvgIpc) is 3.58. The van der Waals surface area contributed by atoms with Gasteiger partial charge in [-0.05, 0) is 50.1 Å². The molecule has 1 unspecified atom stereocenters. The molecule has 37 heavy (non-hydrogen) atoms. The van der Waals surface area contributed by atoms with Crippen molar-refractivity contribution in [3.8, 4) is 11.5 Å². The number of hydrogen-bond donors (Lipinski definition) is 1. The summed E-state index contributed by atoms with van der Waals surface area (Å²) < 4.78 is 17.0. The lowest BCUT2D eigenvalue weighted by Gasteiger charge is -2.26. The minimum Gasteiger partial charge on any atom is -0.503 e. The molecule has 1 N–H and O–H groups in total. The number of benzene rings is 1. The number of aryl methyl sites for hydroxylation is 2. The third kappa shape index (κ3) is 5.56. The summed E-state index contributed by atoms with van der Waals surface area (Å²) in [4.78, 5) is 33.2. The van der Waals surface area contributed by atoms with E-state index >= 15 is 0 Å². The van der Waals surface area contributed by atoms with Gasteiger partial charge in [0.1, 0.15) is 5.76 Å². The fourth-order valence-corrected chi connectivity index (χ4v) is 5.39. The van der Waals surface area contributed by atoms with Crippen LogP contribution in [0.2, 0.25) is 0 Å². The number of ether oxygens (including phenoxy) is 2. The quantitative estimate of drug-likeness (QED) is 0.226. The van der Waals surface area contributed by atoms with E-state index in [0.717, 1.165) is 30.7 Å². The van der Waals surface area contributed by atoms with Crippen molar-refractivity contribution in [1.29, 1.82) is 0 Å². The van der Waals surface area contributed by atoms with Crippen molar-refractivity contribution in [2.75, 3.05) is 13.7 Å². The molecular formula is C28H32N2O6S. The maximum Gasteiger partial charge on any atom is 0.290 e. The van der Waals surface area contributed by atoms with Gasteiger partial charge in [0, 0.05) is 0 Å². The van der Waals surface area contributed by atoms with Gasteiger partial charge in [-0.2, -0.15) is 0 Å². The number of aliphatic hydroxyl groups excluding tert-OH is 1. The topological polar surface area (TPSA) is 102 Å². The minimum atomic E-state index is -0.848. The zero-order chi connectivity index (χ0) is 26.5. The Balaban J connectivity index is 1.71. The molecule has 0 spiro atoms. The Morgan fingerprint density at radius 3 is 2.65 bits per heavy atom. The van der Waals surface area contributed by atoms with Gasteiger partial charge in [-0.25, -0.2) is 4.98 Å². The van der Waals surface area contributed by atoms with Crippen molar-refractivity contribution >= 4 is 23.0 Å². The molecule has 196 valence electrons. The van der Waals surface area contributed by atoms with Crippen LogP contribution in [0.15, 0.2) is 52.3 Å². The number of methoxy groups -OCH3 is 1. The first-order chi connectivity index (χ1) is 17.8. The van der Waals surface area contributed by atoms with E-state index in [9.17, 15) is 14.7 Å². The summed E-state index contributed by atoms with van der Waals surface area (Å²) in [6, 6.07) is 7.96. The van der Waals surface area contributed by atoms with Crippen LogP contribution in [0.25, 0.3) is 0 Å². The second kappa shape index (κ2) is 11.6. The number of amides is 1. The summed E-state index contributed by atoms with van der Waals surface area (Å²) in [5, 5.41) is 11.7. The number of carbonyl (C=O) groups is 2. The van der Waals surface area contributed by atoms with Crippen LogP contribution in [-0.2, 0) is 11.3 Å². The normalized spacial score (nSPS) is 15.5. The molecule has 9 heteroatoms. The molecule has 0 bridgehead atoms. The standard InChI is InChI=1S/C28H32N2O6S/c1-5-6-7-8-13-36-21-12-11-19(15-22(21)34-4)24-23(25(31)27-17(2)29-18(3)37-27)26(32)28(33)30(24)16-20-10-9-14-35-20/h9-12,14-15,24,32H,5-8,13,16H2,1-4H3. The highest BCUT2D eigenvalue weighted by Crippen LogP contribution is 2.43. The Morgan fingerprint density at radius 2 is 2.00 bits per heavy atom. The number of carbonyl (C=O) groups excluding carboxylic acids is 2. The van der Waals surface area contributed by atoms with E-state index in [1.807, 2.05) is 6.92 Å². The van der Waals surface area contributed by atoms with E-state index in [1.165, 1.54) is 22.5 Å². The lowest BCUT2D eigenvalue weighted by atomic mass is 9.94. The van der Waals surface area contributed by atoms with Gasteiger partial charge in [0.2, 0.25) is 5.78 Å². The van der Waals surface area contributed by atoms with Gasteiger partial charge in [-0.15, -0.1) is 11.3 Å². The zero-order valence-electron chi connectivity index (χ0n) is 21.6. The van der Waals surface area contributed by atoms with Crippen LogP contribution in [0.1, 0.15) is 70.3 Å². The number of ketones is 1. The van der Waals surface area contributed by atoms with Crippen LogP contribution in [0.4, 0.5) is 0 Å². The summed E-state index contributed by atoms with van der Waals surface area (Å²) in [7, 11) is 1.55. The second-order valence-electron chi connectivity index (χ2n) is 8.97. The van der Waals surface area contributed by atoms with E-state index in [1.54, 1.807) is 44.4 Å². The predicted molar refractivity (Wildman–Crippen MR) is 140 cm³/mol. The van der Waals surface area contributed by atoms with Crippen molar-refractivity contribution < 1.29 is 28.6 Å². The molecule has 1 aliphatic heterocycles. The zero-order valence-corrected chi connectivity index (χ0v) is 22.4. The fraction of sp³-hybridized carbons (Fsp3) is 0.393. The van der Waals surface area contributed by atoms with E-state index < -0.39 is 23.5 Å². The molecular weight excluding hydrogens is 492 g/mol. The molecule has 0 fully saturated rings. The maximum absolute atomic E-state index is 13.7. The molecule has 8 nitrogen and oxygen atoms in total. The average molecular weight is 525 g/mol. The van der Waals surface area contributed by atoms with Crippen LogP contribution < -0.4 is 9.47 Å². The number of rotatable bonds is 12. The molecule has 3 heterocycles. The number of aliphatic hydroxyl groups is 1. The number of Topliss-reactive ketones (excluding diaryl/α,β-unsaturated/α-hetero) is 1. The van der Waals surface area contributed by atoms with E-state index in [-0.39, 0.29) is 12.1 Å². The molecule has 0 radical (unpaired) electrons. The van der Waals surface area contributed by atoms with E-state index in [4.69, 9.17) is 13.9 Å². The summed E-state index contributed by atoms with van der Waals surface area (Å²) in [5.74, 6) is -0.0260. The number of unbranched alkanes of at least 4 members (excludes halogenated alkanes) is 3. The monoisotopic (exact) mass is 524 g/mol. The molecule has 0 saturated heterocycles. The smallest absolute Gasteiger partial charge is 0.290 e. The fourth-order valence-electron chi connectivity index (χ4n) is 4.51. The molecule has 4 rings (SSSR count). The predicted octanol–water partition coefficient (Wildman–Crippen LogP) is 6.10. The maximum atomic E-state index is 13.7. The first-order valence-corrected chi connectivity index (χ1v) is 13.2. The molecule has 0 aliphatic carbocycles. The molecule has 2 aromatic heterocycles. The van der Waals surface area contributed by atoms with Crippen LogP contribution in [0.3, 0.4) is 0 Å². The highest BCUT2D eigenvalue weighted by Gasteiger charge is 2.45. The van der Waals surface area contributed by atoms with Crippen LogP contribution in [0, 0.1) is 13.8 Å². The van der Waals surface area contributed by atoms with Gasteiger partial charge in [0.15, 0.2) is 17.3 Å². The van der Waals surface area contributed by atoms with E-state index in [2.05, 4.69) is 11.9 Å². The highest BCUT2D eigenvalue weighted by atomic mass is 32.1. The molecule has 1 amide bonds. The summed E-state index contributed by atoms with van der Waals surface area (Å²) in [6.45, 7) is 6.37. The number of thiazole rings is 1. The highest BCUT2D eigenvalue weighted by molar-refractivity contribution is 7.14. The molecule has 3 aromatic rings. The van der Waals surface area contributed by atoms with Crippen LogP contribution in [0.5, 0.6) is 11.5 Å². The van der Waals surface area contributed by atoms with Gasteiger partial charge in [0.25, 0.3) is 5.91 Å². The first-order valence-electron chi connectivity index (χ1n) is 12.4. The molecule has 1 aromatic carbocycles. The van der Waals surface area contributed by atoms with Crippen LogP contribution >= 0.6 is 11.3 Å². The Labute approximate surface area is 220 Å². The Morgan fingerprint density at radius 1 is 1.19 bits per heavy atom. The van der Waals surface area contributed by atoms with Gasteiger partial charge in [-0.3, -0.25) is 9.59 Å². The van der Waals surface area contributed by atoms with Gasteiger partial charge in [0.05, 0.1) is 53.7 Å². The number of hydrogen-bond acceptors (Lipinski definition) is 8. The van der Waals surface area contributed by atoms with Crippen LogP contribution in [-0.4, -0.2) is 40.4 Å². The summed E-state index contributed by atoms with van der Waals surface area (Å²) >= 11 is 1.24. The summed E-state index contributed by atoms with van der Waals surface area (Å²) in [5.41, 5.74) is 1.19. The third-order valence-electron chi connectivity index (χ3n) is 6.32. The number of furan rings is 1.